The second-order valence-corrected chi connectivity index (χ2v) is 10.0. The molecule has 7 nitrogen and oxygen atoms in total. The molecule has 0 atom stereocenters. The van der Waals surface area contributed by atoms with Gasteiger partial charge in [0.05, 0.1) is 11.4 Å². The predicted octanol–water partition coefficient (Wildman–Crippen LogP) is 4.84. The summed E-state index contributed by atoms with van der Waals surface area (Å²) in [4.78, 5) is 34.9. The maximum absolute atomic E-state index is 13.7. The molecule has 0 unspecified atom stereocenters. The first-order valence-corrected chi connectivity index (χ1v) is 12.9. The summed E-state index contributed by atoms with van der Waals surface area (Å²) in [6.07, 6.45) is 4.99. The monoisotopic (exact) mass is 509 g/mol. The van der Waals surface area contributed by atoms with E-state index in [1.54, 1.807) is 34.1 Å². The number of ketones is 1. The van der Waals surface area contributed by atoms with E-state index < -0.39 is 5.54 Å². The minimum Gasteiger partial charge on any atom is -0.358 e. The third-order valence-corrected chi connectivity index (χ3v) is 7.78. The fourth-order valence-corrected chi connectivity index (χ4v) is 5.69. The third-order valence-electron chi connectivity index (χ3n) is 7.78. The van der Waals surface area contributed by atoms with Gasteiger partial charge >= 0.3 is 0 Å². The van der Waals surface area contributed by atoms with Crippen molar-refractivity contribution in [1.29, 1.82) is 0 Å². The maximum Gasteiger partial charge on any atom is 0.274 e. The number of carbonyl (C=O) groups is 2. The largest absolute Gasteiger partial charge is 0.358 e. The number of carbonyl (C=O) groups excluding carboxylic acids is 2. The fourth-order valence-electron chi connectivity index (χ4n) is 5.69. The number of aryl methyl sites for hydroxylation is 1. The van der Waals surface area contributed by atoms with Crippen LogP contribution in [0.25, 0.3) is 16.9 Å². The molecule has 6 rings (SSSR count). The SMILES string of the molecule is Cc1ccc(-n2nc(C(=O)N3CCC4(CC3)C(=O)CCN4c3ccc(F)cc3)cc2-c2cccnc2)cc1. The zero-order valence-electron chi connectivity index (χ0n) is 21.2. The molecule has 2 aliphatic heterocycles. The van der Waals surface area contributed by atoms with E-state index in [4.69, 9.17) is 5.10 Å². The van der Waals surface area contributed by atoms with Crippen molar-refractivity contribution in [2.75, 3.05) is 24.5 Å². The highest BCUT2D eigenvalue weighted by molar-refractivity contribution is 5.97. The van der Waals surface area contributed by atoms with E-state index in [-0.39, 0.29) is 17.5 Å². The Morgan fingerprint density at radius 3 is 2.34 bits per heavy atom. The third kappa shape index (κ3) is 4.16. The highest BCUT2D eigenvalue weighted by Crippen LogP contribution is 2.39. The molecule has 192 valence electrons. The number of likely N-dealkylation sites (tertiary alicyclic amines) is 1. The molecule has 0 N–H and O–H groups in total. The minimum absolute atomic E-state index is 0.158. The zero-order chi connectivity index (χ0) is 26.3. The number of aromatic nitrogens is 3. The summed E-state index contributed by atoms with van der Waals surface area (Å²) < 4.78 is 15.3. The molecule has 0 bridgehead atoms. The van der Waals surface area contributed by atoms with Gasteiger partial charge in [-0.05, 0) is 74.4 Å². The number of amides is 1. The molecule has 38 heavy (non-hydrogen) atoms. The number of Topliss-reactive ketones (excluding diaryl/α,β-unsaturated/α-hetero) is 1. The molecule has 4 heterocycles. The molecular formula is C30H28FN5O2. The summed E-state index contributed by atoms with van der Waals surface area (Å²) in [7, 11) is 0. The van der Waals surface area contributed by atoms with Gasteiger partial charge < -0.3 is 9.80 Å². The van der Waals surface area contributed by atoms with Crippen LogP contribution in [0.5, 0.6) is 0 Å². The Labute approximate surface area is 220 Å². The number of rotatable bonds is 4. The number of halogens is 1. The summed E-state index contributed by atoms with van der Waals surface area (Å²) in [5, 5.41) is 4.72. The lowest BCUT2D eigenvalue weighted by Crippen LogP contribution is -2.56. The van der Waals surface area contributed by atoms with Crippen LogP contribution in [0, 0.1) is 12.7 Å². The van der Waals surface area contributed by atoms with Gasteiger partial charge in [0.2, 0.25) is 0 Å². The predicted molar refractivity (Wildman–Crippen MR) is 143 cm³/mol. The van der Waals surface area contributed by atoms with Crippen LogP contribution >= 0.6 is 0 Å². The van der Waals surface area contributed by atoms with E-state index in [1.807, 2.05) is 49.4 Å². The van der Waals surface area contributed by atoms with Crippen LogP contribution in [-0.2, 0) is 4.79 Å². The van der Waals surface area contributed by atoms with Crippen LogP contribution in [0.4, 0.5) is 10.1 Å². The standard InChI is InChI=1S/C30H28FN5O2/c1-21-4-8-25(9-5-21)36-27(22-3-2-15-32-20-22)19-26(33-36)29(38)34-17-13-30(14-18-34)28(37)12-16-35(30)24-10-6-23(31)7-11-24/h2-11,15,19-20H,12-14,16-18H2,1H3. The Morgan fingerprint density at radius 2 is 1.66 bits per heavy atom. The van der Waals surface area contributed by atoms with Crippen molar-refractivity contribution >= 4 is 17.4 Å². The molecule has 0 saturated carbocycles. The fraction of sp³-hybridized carbons (Fsp3) is 0.267. The second kappa shape index (κ2) is 9.52. The number of anilines is 1. The van der Waals surface area contributed by atoms with Crippen molar-refractivity contribution in [1.82, 2.24) is 19.7 Å². The van der Waals surface area contributed by atoms with Crippen LogP contribution in [0.2, 0.25) is 0 Å². The van der Waals surface area contributed by atoms with Gasteiger partial charge in [-0.3, -0.25) is 14.6 Å². The van der Waals surface area contributed by atoms with Crippen LogP contribution in [-0.4, -0.2) is 56.5 Å². The molecule has 2 saturated heterocycles. The summed E-state index contributed by atoms with van der Waals surface area (Å²) in [5.74, 6) is -0.268. The van der Waals surface area contributed by atoms with Gasteiger partial charge in [0.15, 0.2) is 11.5 Å². The van der Waals surface area contributed by atoms with Crippen molar-refractivity contribution in [3.63, 3.8) is 0 Å². The number of piperidine rings is 1. The topological polar surface area (TPSA) is 71.3 Å². The van der Waals surface area contributed by atoms with E-state index in [1.165, 1.54) is 12.1 Å². The Morgan fingerprint density at radius 1 is 0.947 bits per heavy atom. The first-order chi connectivity index (χ1) is 18.4. The minimum atomic E-state index is -0.656. The quantitative estimate of drug-likeness (QED) is 0.394. The highest BCUT2D eigenvalue weighted by atomic mass is 19.1. The lowest BCUT2D eigenvalue weighted by Gasteiger charge is -2.44. The van der Waals surface area contributed by atoms with Crippen LogP contribution in [0.15, 0.2) is 79.1 Å². The van der Waals surface area contributed by atoms with Crippen LogP contribution in [0.1, 0.15) is 35.3 Å². The number of hydrogen-bond donors (Lipinski definition) is 0. The van der Waals surface area contributed by atoms with E-state index in [0.717, 1.165) is 28.2 Å². The van der Waals surface area contributed by atoms with Crippen molar-refractivity contribution < 1.29 is 14.0 Å². The Bertz CT molecular complexity index is 1470. The smallest absolute Gasteiger partial charge is 0.274 e. The zero-order valence-corrected chi connectivity index (χ0v) is 21.2. The lowest BCUT2D eigenvalue weighted by molar-refractivity contribution is -0.123. The molecule has 1 spiro atoms. The molecule has 2 aromatic carbocycles. The molecule has 4 aromatic rings. The van der Waals surface area contributed by atoms with Gasteiger partial charge in [-0.25, -0.2) is 9.07 Å². The molecule has 0 aliphatic carbocycles. The summed E-state index contributed by atoms with van der Waals surface area (Å²) in [6, 6.07) is 19.9. The molecule has 2 fully saturated rings. The first kappa shape index (κ1) is 24.0. The lowest BCUT2D eigenvalue weighted by atomic mass is 9.83. The first-order valence-electron chi connectivity index (χ1n) is 12.9. The van der Waals surface area contributed by atoms with E-state index >= 15 is 0 Å². The van der Waals surface area contributed by atoms with E-state index in [9.17, 15) is 14.0 Å². The van der Waals surface area contributed by atoms with Crippen LogP contribution in [0.3, 0.4) is 0 Å². The summed E-state index contributed by atoms with van der Waals surface area (Å²) >= 11 is 0. The van der Waals surface area contributed by atoms with Gasteiger partial charge in [0.1, 0.15) is 11.4 Å². The van der Waals surface area contributed by atoms with Gasteiger partial charge in [-0.1, -0.05) is 17.7 Å². The maximum atomic E-state index is 13.7. The van der Waals surface area contributed by atoms with Crippen molar-refractivity contribution in [2.45, 2.75) is 31.7 Å². The molecular weight excluding hydrogens is 481 g/mol. The Kier molecular flexibility index (Phi) is 6.02. The van der Waals surface area contributed by atoms with Crippen LogP contribution < -0.4 is 4.90 Å². The van der Waals surface area contributed by atoms with Crippen molar-refractivity contribution in [3.8, 4) is 16.9 Å². The van der Waals surface area contributed by atoms with Gasteiger partial charge in [0, 0.05) is 49.7 Å². The van der Waals surface area contributed by atoms with Crippen molar-refractivity contribution in [3.05, 3.63) is 96.2 Å². The van der Waals surface area contributed by atoms with Gasteiger partial charge in [-0.15, -0.1) is 0 Å². The molecule has 8 heteroatoms. The number of nitrogens with zero attached hydrogens (tertiary/aromatic N) is 5. The van der Waals surface area contributed by atoms with Crippen molar-refractivity contribution in [2.24, 2.45) is 0 Å². The number of benzene rings is 2. The molecule has 0 radical (unpaired) electrons. The van der Waals surface area contributed by atoms with Gasteiger partial charge in [0.25, 0.3) is 5.91 Å². The van der Waals surface area contributed by atoms with E-state index in [0.29, 0.717) is 44.6 Å². The summed E-state index contributed by atoms with van der Waals surface area (Å²) in [6.45, 7) is 3.52. The van der Waals surface area contributed by atoms with E-state index in [2.05, 4.69) is 9.88 Å². The number of hydrogen-bond acceptors (Lipinski definition) is 5. The average Bonchev–Trinajstić information content (AvgIpc) is 3.52. The summed E-state index contributed by atoms with van der Waals surface area (Å²) in [5.41, 5.74) is 4.19. The highest BCUT2D eigenvalue weighted by Gasteiger charge is 2.50. The molecule has 2 aliphatic rings. The number of pyridine rings is 1. The average molecular weight is 510 g/mol. The normalized spacial score (nSPS) is 16.8. The Balaban J connectivity index is 1.26. The second-order valence-electron chi connectivity index (χ2n) is 10.0. The van der Waals surface area contributed by atoms with Gasteiger partial charge in [-0.2, -0.15) is 5.10 Å². The Hall–Kier alpha value is -4.33. The molecule has 1 amide bonds. The molecule has 2 aromatic heterocycles.